The van der Waals surface area contributed by atoms with Crippen molar-refractivity contribution in [3.63, 3.8) is 0 Å². The monoisotopic (exact) mass is 304 g/mol. The van der Waals surface area contributed by atoms with Crippen molar-refractivity contribution in [3.05, 3.63) is 58.6 Å². The number of aromatic nitrogens is 1. The van der Waals surface area contributed by atoms with Gasteiger partial charge in [0, 0.05) is 12.7 Å². The summed E-state index contributed by atoms with van der Waals surface area (Å²) in [7, 11) is 0. The molecule has 0 aliphatic heterocycles. The average Bonchev–Trinajstić information content (AvgIpc) is 2.36. The molecule has 0 aliphatic carbocycles. The van der Waals surface area contributed by atoms with E-state index in [1.807, 2.05) is 0 Å². The molecule has 0 bridgehead atoms. The van der Waals surface area contributed by atoms with Gasteiger partial charge in [0.1, 0.15) is 5.82 Å². The molecular formula is C13H9ClF4N2. The van der Waals surface area contributed by atoms with E-state index < -0.39 is 17.6 Å². The second kappa shape index (κ2) is 5.66. The number of hydrogen-bond donors (Lipinski definition) is 1. The maximum atomic E-state index is 12.9. The molecule has 7 heteroatoms. The van der Waals surface area contributed by atoms with Gasteiger partial charge >= 0.3 is 6.18 Å². The minimum absolute atomic E-state index is 0.117. The summed E-state index contributed by atoms with van der Waals surface area (Å²) in [6.07, 6.45) is -1.99. The fourth-order valence-corrected chi connectivity index (χ4v) is 1.77. The normalized spacial score (nSPS) is 11.4. The summed E-state index contributed by atoms with van der Waals surface area (Å²) in [5, 5.41) is 2.89. The topological polar surface area (TPSA) is 24.9 Å². The highest BCUT2D eigenvalue weighted by Crippen LogP contribution is 2.33. The van der Waals surface area contributed by atoms with Crippen LogP contribution in [0, 0.1) is 5.82 Å². The number of benzene rings is 1. The standard InChI is InChI=1S/C13H9ClF4N2/c14-11-2-1-9(13(16,17)18)4-12(11)20-6-8-3-10(15)7-19-5-8/h1-5,7,20H,6H2. The van der Waals surface area contributed by atoms with Crippen molar-refractivity contribution in [1.82, 2.24) is 4.98 Å². The van der Waals surface area contributed by atoms with Crippen LogP contribution in [0.3, 0.4) is 0 Å². The number of pyridine rings is 1. The molecule has 2 nitrogen and oxygen atoms in total. The SMILES string of the molecule is Fc1cncc(CNc2cc(C(F)(F)F)ccc2Cl)c1. The second-order valence-electron chi connectivity index (χ2n) is 4.06. The second-order valence-corrected chi connectivity index (χ2v) is 4.46. The van der Waals surface area contributed by atoms with Gasteiger partial charge in [-0.1, -0.05) is 11.6 Å². The number of hydrogen-bond acceptors (Lipinski definition) is 2. The molecule has 0 atom stereocenters. The molecule has 0 radical (unpaired) electrons. The van der Waals surface area contributed by atoms with Gasteiger partial charge in [0.2, 0.25) is 0 Å². The molecule has 0 fully saturated rings. The van der Waals surface area contributed by atoms with E-state index in [0.29, 0.717) is 5.56 Å². The van der Waals surface area contributed by atoms with E-state index in [1.54, 1.807) is 0 Å². The van der Waals surface area contributed by atoms with Crippen LogP contribution >= 0.6 is 11.6 Å². The third-order valence-corrected chi connectivity index (χ3v) is 2.87. The molecule has 20 heavy (non-hydrogen) atoms. The number of anilines is 1. The third kappa shape index (κ3) is 3.60. The van der Waals surface area contributed by atoms with Crippen LogP contribution in [0.2, 0.25) is 5.02 Å². The molecule has 0 saturated heterocycles. The summed E-state index contributed by atoms with van der Waals surface area (Å²) in [6.45, 7) is 0.117. The molecule has 0 aliphatic rings. The highest BCUT2D eigenvalue weighted by Gasteiger charge is 2.30. The first-order valence-electron chi connectivity index (χ1n) is 5.56. The van der Waals surface area contributed by atoms with Crippen molar-refractivity contribution < 1.29 is 17.6 Å². The van der Waals surface area contributed by atoms with Gasteiger partial charge in [-0.05, 0) is 29.8 Å². The Balaban J connectivity index is 2.17. The van der Waals surface area contributed by atoms with Gasteiger partial charge in [0.25, 0.3) is 0 Å². The van der Waals surface area contributed by atoms with Gasteiger partial charge in [-0.2, -0.15) is 13.2 Å². The molecular weight excluding hydrogens is 296 g/mol. The number of rotatable bonds is 3. The summed E-state index contributed by atoms with van der Waals surface area (Å²) in [5.74, 6) is -0.514. The van der Waals surface area contributed by atoms with Gasteiger partial charge in [0.15, 0.2) is 0 Å². The predicted molar refractivity (Wildman–Crippen MR) is 68.0 cm³/mol. The molecule has 0 spiro atoms. The molecule has 0 saturated carbocycles. The van der Waals surface area contributed by atoms with Crippen molar-refractivity contribution in [3.8, 4) is 0 Å². The lowest BCUT2D eigenvalue weighted by molar-refractivity contribution is -0.137. The number of nitrogens with zero attached hydrogens (tertiary/aromatic N) is 1. The zero-order valence-corrected chi connectivity index (χ0v) is 10.8. The minimum Gasteiger partial charge on any atom is -0.380 e. The van der Waals surface area contributed by atoms with E-state index in [1.165, 1.54) is 12.3 Å². The third-order valence-electron chi connectivity index (χ3n) is 2.54. The van der Waals surface area contributed by atoms with Crippen LogP contribution in [0.5, 0.6) is 0 Å². The van der Waals surface area contributed by atoms with Crippen LogP contribution in [0.25, 0.3) is 0 Å². The Morgan fingerprint density at radius 3 is 2.55 bits per heavy atom. The Hall–Kier alpha value is -1.82. The Morgan fingerprint density at radius 1 is 1.15 bits per heavy atom. The van der Waals surface area contributed by atoms with Crippen molar-refractivity contribution in [2.75, 3.05) is 5.32 Å². The van der Waals surface area contributed by atoms with E-state index in [0.717, 1.165) is 24.4 Å². The minimum atomic E-state index is -4.44. The summed E-state index contributed by atoms with van der Waals surface area (Å²) < 4.78 is 50.7. The predicted octanol–water partition coefficient (Wildman–Crippen LogP) is 4.51. The highest BCUT2D eigenvalue weighted by atomic mass is 35.5. The lowest BCUT2D eigenvalue weighted by Gasteiger charge is -2.12. The van der Waals surface area contributed by atoms with Crippen LogP contribution in [0.15, 0.2) is 36.7 Å². The van der Waals surface area contributed by atoms with E-state index in [9.17, 15) is 17.6 Å². The lowest BCUT2D eigenvalue weighted by atomic mass is 10.2. The fourth-order valence-electron chi connectivity index (χ4n) is 1.59. The van der Waals surface area contributed by atoms with Crippen LogP contribution in [0.4, 0.5) is 23.2 Å². The summed E-state index contributed by atoms with van der Waals surface area (Å²) in [6, 6.07) is 4.21. The first-order chi connectivity index (χ1) is 9.36. The molecule has 2 rings (SSSR count). The van der Waals surface area contributed by atoms with Crippen molar-refractivity contribution in [2.45, 2.75) is 12.7 Å². The Labute approximate surface area is 117 Å². The maximum absolute atomic E-state index is 12.9. The van der Waals surface area contributed by atoms with Crippen molar-refractivity contribution in [2.24, 2.45) is 0 Å². The zero-order valence-electron chi connectivity index (χ0n) is 10.0. The van der Waals surface area contributed by atoms with Gasteiger partial charge in [0.05, 0.1) is 22.5 Å². The van der Waals surface area contributed by atoms with Crippen LogP contribution in [0.1, 0.15) is 11.1 Å². The molecule has 1 aromatic carbocycles. The molecule has 106 valence electrons. The van der Waals surface area contributed by atoms with Gasteiger partial charge < -0.3 is 5.32 Å². The Morgan fingerprint density at radius 2 is 1.90 bits per heavy atom. The fraction of sp³-hybridized carbons (Fsp3) is 0.154. The summed E-state index contributed by atoms with van der Waals surface area (Å²) >= 11 is 5.82. The molecule has 2 aromatic rings. The van der Waals surface area contributed by atoms with E-state index in [4.69, 9.17) is 11.6 Å². The van der Waals surface area contributed by atoms with Crippen molar-refractivity contribution in [1.29, 1.82) is 0 Å². The average molecular weight is 305 g/mol. The van der Waals surface area contributed by atoms with Gasteiger partial charge in [-0.3, -0.25) is 4.98 Å². The van der Waals surface area contributed by atoms with E-state index in [-0.39, 0.29) is 17.3 Å². The van der Waals surface area contributed by atoms with Gasteiger partial charge in [-0.15, -0.1) is 0 Å². The number of alkyl halides is 3. The Kier molecular flexibility index (Phi) is 4.13. The molecule has 1 aromatic heterocycles. The summed E-state index contributed by atoms with van der Waals surface area (Å²) in [4.78, 5) is 3.65. The van der Waals surface area contributed by atoms with E-state index >= 15 is 0 Å². The first-order valence-corrected chi connectivity index (χ1v) is 5.94. The summed E-state index contributed by atoms with van der Waals surface area (Å²) in [5.41, 5.74) is -0.175. The smallest absolute Gasteiger partial charge is 0.380 e. The molecule has 1 heterocycles. The number of nitrogens with one attached hydrogen (secondary N) is 1. The van der Waals surface area contributed by atoms with Crippen LogP contribution in [-0.2, 0) is 12.7 Å². The highest BCUT2D eigenvalue weighted by molar-refractivity contribution is 6.33. The largest absolute Gasteiger partial charge is 0.416 e. The van der Waals surface area contributed by atoms with E-state index in [2.05, 4.69) is 10.3 Å². The molecule has 0 unspecified atom stereocenters. The lowest BCUT2D eigenvalue weighted by Crippen LogP contribution is -2.07. The first kappa shape index (κ1) is 14.6. The van der Waals surface area contributed by atoms with Crippen LogP contribution in [-0.4, -0.2) is 4.98 Å². The maximum Gasteiger partial charge on any atom is 0.416 e. The molecule has 1 N–H and O–H groups in total. The number of halogens is 5. The zero-order chi connectivity index (χ0) is 14.8. The van der Waals surface area contributed by atoms with Crippen molar-refractivity contribution >= 4 is 17.3 Å². The van der Waals surface area contributed by atoms with Crippen LogP contribution < -0.4 is 5.32 Å². The Bertz CT molecular complexity index is 614. The van der Waals surface area contributed by atoms with Gasteiger partial charge in [-0.25, -0.2) is 4.39 Å². The molecule has 0 amide bonds. The quantitative estimate of drug-likeness (QED) is 0.844.